The van der Waals surface area contributed by atoms with Gasteiger partial charge in [0.1, 0.15) is 0 Å². The zero-order chi connectivity index (χ0) is 15.2. The minimum absolute atomic E-state index is 0.166. The lowest BCUT2D eigenvalue weighted by molar-refractivity contribution is 0.302. The molecular weight excluding hydrogens is 273 g/mol. The van der Waals surface area contributed by atoms with E-state index in [2.05, 4.69) is 6.58 Å². The smallest absolute Gasteiger partial charge is 0.194 e. The molecule has 2 rings (SSSR count). The largest absolute Gasteiger partial charge is 0.204 e. The highest BCUT2D eigenvalue weighted by molar-refractivity contribution is 5.23. The van der Waals surface area contributed by atoms with Gasteiger partial charge >= 0.3 is 0 Å². The molecule has 0 radical (unpaired) electrons. The molecule has 1 aliphatic rings. The van der Waals surface area contributed by atoms with E-state index in [1.165, 1.54) is 19.3 Å². The number of halogens is 3. The van der Waals surface area contributed by atoms with Crippen LogP contribution in [0.5, 0.6) is 0 Å². The van der Waals surface area contributed by atoms with E-state index < -0.39 is 17.5 Å². The van der Waals surface area contributed by atoms with Crippen LogP contribution in [0.3, 0.4) is 0 Å². The van der Waals surface area contributed by atoms with Crippen LogP contribution in [0.25, 0.3) is 0 Å². The van der Waals surface area contributed by atoms with Crippen LogP contribution in [-0.4, -0.2) is 0 Å². The van der Waals surface area contributed by atoms with Crippen LogP contribution in [-0.2, 0) is 0 Å². The Labute approximate surface area is 125 Å². The first-order chi connectivity index (χ1) is 10.1. The molecule has 0 aliphatic heterocycles. The van der Waals surface area contributed by atoms with E-state index in [0.717, 1.165) is 50.2 Å². The van der Waals surface area contributed by atoms with Crippen LogP contribution >= 0.6 is 0 Å². The van der Waals surface area contributed by atoms with Gasteiger partial charge in [0.15, 0.2) is 17.5 Å². The third-order valence-electron chi connectivity index (χ3n) is 4.59. The van der Waals surface area contributed by atoms with Crippen molar-refractivity contribution in [2.75, 3.05) is 0 Å². The summed E-state index contributed by atoms with van der Waals surface area (Å²) >= 11 is 0. The molecule has 1 aromatic rings. The van der Waals surface area contributed by atoms with Crippen molar-refractivity contribution in [3.8, 4) is 0 Å². The molecule has 3 heteroatoms. The second-order valence-electron chi connectivity index (χ2n) is 6.09. The highest BCUT2D eigenvalue weighted by Gasteiger charge is 2.24. The number of unbranched alkanes of at least 4 members (excludes halogenated alkanes) is 2. The lowest BCUT2D eigenvalue weighted by Gasteiger charge is -2.29. The fourth-order valence-corrected chi connectivity index (χ4v) is 3.32. The van der Waals surface area contributed by atoms with Crippen molar-refractivity contribution >= 4 is 0 Å². The topological polar surface area (TPSA) is 0 Å². The maximum absolute atomic E-state index is 13.3. The summed E-state index contributed by atoms with van der Waals surface area (Å²) in [6, 6.07) is 2.32. The summed E-state index contributed by atoms with van der Waals surface area (Å²) in [7, 11) is 0. The molecule has 0 amide bonds. The molecular formula is C18H23F3. The molecule has 1 fully saturated rings. The Morgan fingerprint density at radius 2 is 1.62 bits per heavy atom. The van der Waals surface area contributed by atoms with Crippen LogP contribution in [0.15, 0.2) is 24.8 Å². The van der Waals surface area contributed by atoms with Gasteiger partial charge in [0.05, 0.1) is 0 Å². The Balaban J connectivity index is 1.85. The Kier molecular flexibility index (Phi) is 5.89. The first kappa shape index (κ1) is 16.1. The zero-order valence-electron chi connectivity index (χ0n) is 12.4. The van der Waals surface area contributed by atoms with E-state index in [-0.39, 0.29) is 5.92 Å². The molecule has 0 heterocycles. The lowest BCUT2D eigenvalue weighted by atomic mass is 9.77. The average Bonchev–Trinajstić information content (AvgIpc) is 2.49. The summed E-state index contributed by atoms with van der Waals surface area (Å²) < 4.78 is 39.6. The second-order valence-corrected chi connectivity index (χ2v) is 6.09. The molecule has 1 aromatic carbocycles. The van der Waals surface area contributed by atoms with Gasteiger partial charge in [0.25, 0.3) is 0 Å². The quantitative estimate of drug-likeness (QED) is 0.337. The van der Waals surface area contributed by atoms with Crippen molar-refractivity contribution in [1.82, 2.24) is 0 Å². The summed E-state index contributed by atoms with van der Waals surface area (Å²) in [5.74, 6) is -2.62. The zero-order valence-corrected chi connectivity index (χ0v) is 12.4. The standard InChI is InChI=1S/C18H23F3/c1-2-3-4-5-6-13-7-9-14(10-8-13)15-11-16(19)18(21)17(20)12-15/h2,11-14H,1,3-10H2/t13-,14-. The monoisotopic (exact) mass is 296 g/mol. The van der Waals surface area contributed by atoms with E-state index >= 15 is 0 Å². The highest BCUT2D eigenvalue weighted by Crippen LogP contribution is 2.38. The Hall–Kier alpha value is -1.25. The summed E-state index contributed by atoms with van der Waals surface area (Å²) in [5, 5.41) is 0. The second kappa shape index (κ2) is 7.67. The van der Waals surface area contributed by atoms with Crippen molar-refractivity contribution in [2.24, 2.45) is 5.92 Å². The van der Waals surface area contributed by atoms with Crippen molar-refractivity contribution < 1.29 is 13.2 Å². The van der Waals surface area contributed by atoms with E-state index in [1.54, 1.807) is 0 Å². The van der Waals surface area contributed by atoms with Gasteiger partial charge in [0.2, 0.25) is 0 Å². The predicted molar refractivity (Wildman–Crippen MR) is 79.7 cm³/mol. The van der Waals surface area contributed by atoms with Gasteiger partial charge < -0.3 is 0 Å². The maximum atomic E-state index is 13.3. The first-order valence-electron chi connectivity index (χ1n) is 7.87. The molecule has 21 heavy (non-hydrogen) atoms. The maximum Gasteiger partial charge on any atom is 0.194 e. The Morgan fingerprint density at radius 3 is 2.19 bits per heavy atom. The number of allylic oxidation sites excluding steroid dienone is 1. The fraction of sp³-hybridized carbons (Fsp3) is 0.556. The van der Waals surface area contributed by atoms with Crippen molar-refractivity contribution in [3.05, 3.63) is 47.8 Å². The van der Waals surface area contributed by atoms with Crippen LogP contribution in [0.4, 0.5) is 13.2 Å². The fourth-order valence-electron chi connectivity index (χ4n) is 3.32. The molecule has 1 saturated carbocycles. The number of rotatable bonds is 6. The molecule has 0 nitrogen and oxygen atoms in total. The van der Waals surface area contributed by atoms with Crippen LogP contribution in [0.2, 0.25) is 0 Å². The van der Waals surface area contributed by atoms with Crippen molar-refractivity contribution in [3.63, 3.8) is 0 Å². The van der Waals surface area contributed by atoms with Crippen molar-refractivity contribution in [2.45, 2.75) is 57.3 Å². The number of hydrogen-bond acceptors (Lipinski definition) is 0. The third kappa shape index (κ3) is 4.36. The van der Waals surface area contributed by atoms with E-state index in [4.69, 9.17) is 0 Å². The van der Waals surface area contributed by atoms with Gasteiger partial charge in [-0.3, -0.25) is 0 Å². The SMILES string of the molecule is C=CCCCC[C@H]1CC[C@H](c2cc(F)c(F)c(F)c2)CC1. The van der Waals surface area contributed by atoms with Gasteiger partial charge in [-0.05, 0) is 68.1 Å². The van der Waals surface area contributed by atoms with E-state index in [9.17, 15) is 13.2 Å². The summed E-state index contributed by atoms with van der Waals surface area (Å²) in [4.78, 5) is 0. The summed E-state index contributed by atoms with van der Waals surface area (Å²) in [6.45, 7) is 3.72. The molecule has 0 unspecified atom stereocenters. The summed E-state index contributed by atoms with van der Waals surface area (Å²) in [6.07, 6.45) is 10.7. The average molecular weight is 296 g/mol. The van der Waals surface area contributed by atoms with Crippen molar-refractivity contribution in [1.29, 1.82) is 0 Å². The predicted octanol–water partition coefficient (Wildman–Crippen LogP) is 6.12. The molecule has 0 bridgehead atoms. The third-order valence-corrected chi connectivity index (χ3v) is 4.59. The van der Waals surface area contributed by atoms with Crippen LogP contribution < -0.4 is 0 Å². The van der Waals surface area contributed by atoms with Gasteiger partial charge in [-0.2, -0.15) is 0 Å². The van der Waals surface area contributed by atoms with Crippen LogP contribution in [0, 0.1) is 23.4 Å². The van der Waals surface area contributed by atoms with Gasteiger partial charge in [-0.15, -0.1) is 6.58 Å². The Bertz CT molecular complexity index is 450. The summed E-state index contributed by atoms with van der Waals surface area (Å²) in [5.41, 5.74) is 0.608. The molecule has 116 valence electrons. The van der Waals surface area contributed by atoms with Crippen LogP contribution in [0.1, 0.15) is 62.8 Å². The van der Waals surface area contributed by atoms with Gasteiger partial charge in [-0.25, -0.2) is 13.2 Å². The minimum Gasteiger partial charge on any atom is -0.204 e. The molecule has 0 aromatic heterocycles. The molecule has 0 saturated heterocycles. The molecule has 1 aliphatic carbocycles. The van der Waals surface area contributed by atoms with Gasteiger partial charge in [-0.1, -0.05) is 18.9 Å². The Morgan fingerprint density at radius 1 is 1.00 bits per heavy atom. The molecule has 0 atom stereocenters. The van der Waals surface area contributed by atoms with E-state index in [1.807, 2.05) is 6.08 Å². The normalized spacial score (nSPS) is 22.2. The molecule has 0 spiro atoms. The van der Waals surface area contributed by atoms with E-state index in [0.29, 0.717) is 5.56 Å². The number of hydrogen-bond donors (Lipinski definition) is 0. The lowest BCUT2D eigenvalue weighted by Crippen LogP contribution is -2.14. The molecule has 0 N–H and O–H groups in total. The van der Waals surface area contributed by atoms with Gasteiger partial charge in [0, 0.05) is 0 Å². The first-order valence-corrected chi connectivity index (χ1v) is 7.87. The number of benzene rings is 1. The minimum atomic E-state index is -1.37. The highest BCUT2D eigenvalue weighted by atomic mass is 19.2.